The lowest BCUT2D eigenvalue weighted by Gasteiger charge is -2.09. The van der Waals surface area contributed by atoms with Gasteiger partial charge in [-0.25, -0.2) is 0 Å². The van der Waals surface area contributed by atoms with Crippen LogP contribution < -0.4 is 0 Å². The third-order valence-electron chi connectivity index (χ3n) is 3.35. The highest BCUT2D eigenvalue weighted by atomic mass is 32.2. The van der Waals surface area contributed by atoms with E-state index < -0.39 is 23.7 Å². The summed E-state index contributed by atoms with van der Waals surface area (Å²) in [6, 6.07) is 13.0. The molecule has 1 saturated heterocycles. The van der Waals surface area contributed by atoms with Gasteiger partial charge in [0, 0.05) is 11.6 Å². The highest BCUT2D eigenvalue weighted by Gasteiger charge is 2.36. The monoisotopic (exact) mass is 343 g/mol. The fourth-order valence-electron chi connectivity index (χ4n) is 2.15. The Bertz CT molecular complexity index is 825. The number of furan rings is 1. The number of benzene rings is 1. The van der Waals surface area contributed by atoms with Gasteiger partial charge < -0.3 is 9.15 Å². The largest absolute Gasteiger partial charge is 0.468 e. The number of carbonyl (C=O) groups excluding carboxylic acids is 3. The molecular weight excluding hydrogens is 330 g/mol. The van der Waals surface area contributed by atoms with E-state index in [2.05, 4.69) is 4.74 Å². The summed E-state index contributed by atoms with van der Waals surface area (Å²) in [6.45, 7) is -0.397. The Morgan fingerprint density at radius 1 is 1.21 bits per heavy atom. The van der Waals surface area contributed by atoms with Crippen molar-refractivity contribution >= 4 is 35.0 Å². The van der Waals surface area contributed by atoms with Gasteiger partial charge in [-0.15, -0.1) is 0 Å². The van der Waals surface area contributed by atoms with Crippen LogP contribution in [-0.4, -0.2) is 35.7 Å². The molecule has 1 aromatic heterocycles. The second-order valence-corrected chi connectivity index (χ2v) is 5.91. The number of carbonyl (C=O) groups is 3. The van der Waals surface area contributed by atoms with Gasteiger partial charge in [0.15, 0.2) is 0 Å². The Kier molecular flexibility index (Phi) is 4.52. The molecular formula is C17H13NO5S. The van der Waals surface area contributed by atoms with Crippen molar-refractivity contribution in [2.75, 3.05) is 13.7 Å². The van der Waals surface area contributed by atoms with Gasteiger partial charge in [0.2, 0.25) is 0 Å². The van der Waals surface area contributed by atoms with E-state index in [0.29, 0.717) is 11.5 Å². The van der Waals surface area contributed by atoms with Crippen LogP contribution in [0, 0.1) is 0 Å². The first kappa shape index (κ1) is 16.1. The van der Waals surface area contributed by atoms with Crippen LogP contribution >= 0.6 is 11.8 Å². The van der Waals surface area contributed by atoms with Crippen molar-refractivity contribution in [3.05, 3.63) is 53.1 Å². The minimum Gasteiger partial charge on any atom is -0.468 e. The summed E-state index contributed by atoms with van der Waals surface area (Å²) in [7, 11) is 1.20. The van der Waals surface area contributed by atoms with Gasteiger partial charge in [-0.05, 0) is 23.9 Å². The topological polar surface area (TPSA) is 76.8 Å². The lowest BCUT2D eigenvalue weighted by Crippen LogP contribution is -2.34. The molecule has 0 radical (unpaired) electrons. The summed E-state index contributed by atoms with van der Waals surface area (Å²) in [5.74, 6) is -0.0657. The van der Waals surface area contributed by atoms with Crippen LogP contribution in [0.25, 0.3) is 17.4 Å². The average molecular weight is 343 g/mol. The smallest absolute Gasteiger partial charge is 0.325 e. The number of rotatable bonds is 4. The molecule has 7 heteroatoms. The number of imide groups is 1. The van der Waals surface area contributed by atoms with Crippen molar-refractivity contribution < 1.29 is 23.5 Å². The van der Waals surface area contributed by atoms with Gasteiger partial charge in [-0.2, -0.15) is 0 Å². The molecule has 3 rings (SSSR count). The number of nitrogens with zero attached hydrogens (tertiary/aromatic N) is 1. The second-order valence-electron chi connectivity index (χ2n) is 4.91. The molecule has 6 nitrogen and oxygen atoms in total. The highest BCUT2D eigenvalue weighted by Crippen LogP contribution is 2.33. The number of esters is 1. The molecule has 1 fully saturated rings. The third kappa shape index (κ3) is 3.26. The van der Waals surface area contributed by atoms with Gasteiger partial charge >= 0.3 is 5.97 Å². The summed E-state index contributed by atoms with van der Waals surface area (Å²) in [5.41, 5.74) is 0.913. The first-order valence-corrected chi connectivity index (χ1v) is 7.87. The van der Waals surface area contributed by atoms with Gasteiger partial charge in [0.1, 0.15) is 18.1 Å². The molecule has 0 bridgehead atoms. The number of ether oxygens (including phenoxy) is 1. The molecule has 1 aliphatic heterocycles. The minimum atomic E-state index is -0.650. The maximum Gasteiger partial charge on any atom is 0.325 e. The Labute approximate surface area is 142 Å². The standard InChI is InChI=1S/C17H13NO5S/c1-22-15(19)10-18-16(20)14(24-17(18)21)9-12-7-8-13(23-12)11-5-3-2-4-6-11/h2-9H,10H2,1H3. The Morgan fingerprint density at radius 3 is 2.67 bits per heavy atom. The zero-order valence-corrected chi connectivity index (χ0v) is 13.5. The number of methoxy groups -OCH3 is 1. The van der Waals surface area contributed by atoms with Crippen LogP contribution in [0.5, 0.6) is 0 Å². The summed E-state index contributed by atoms with van der Waals surface area (Å²) >= 11 is 0.765. The lowest BCUT2D eigenvalue weighted by atomic mass is 10.2. The molecule has 0 saturated carbocycles. The van der Waals surface area contributed by atoms with Crippen LogP contribution in [0.2, 0.25) is 0 Å². The predicted octanol–water partition coefficient (Wildman–Crippen LogP) is 3.16. The van der Waals surface area contributed by atoms with E-state index in [1.54, 1.807) is 12.1 Å². The van der Waals surface area contributed by atoms with Crippen molar-refractivity contribution in [1.82, 2.24) is 4.90 Å². The Hall–Kier alpha value is -2.80. The van der Waals surface area contributed by atoms with Crippen LogP contribution in [-0.2, 0) is 14.3 Å². The Morgan fingerprint density at radius 2 is 1.96 bits per heavy atom. The molecule has 1 aliphatic rings. The van der Waals surface area contributed by atoms with Crippen molar-refractivity contribution in [2.45, 2.75) is 0 Å². The van der Waals surface area contributed by atoms with Crippen molar-refractivity contribution in [3.63, 3.8) is 0 Å². The van der Waals surface area contributed by atoms with Crippen molar-refractivity contribution in [3.8, 4) is 11.3 Å². The van der Waals surface area contributed by atoms with E-state index >= 15 is 0 Å². The van der Waals surface area contributed by atoms with Gasteiger partial charge in [0.25, 0.3) is 11.1 Å². The molecule has 122 valence electrons. The van der Waals surface area contributed by atoms with E-state index in [-0.39, 0.29) is 4.91 Å². The summed E-state index contributed by atoms with van der Waals surface area (Å²) in [5, 5.41) is -0.508. The zero-order chi connectivity index (χ0) is 17.1. The molecule has 0 atom stereocenters. The molecule has 0 N–H and O–H groups in total. The van der Waals surface area contributed by atoms with Crippen molar-refractivity contribution in [1.29, 1.82) is 0 Å². The summed E-state index contributed by atoms with van der Waals surface area (Å²) in [4.78, 5) is 36.4. The molecule has 2 heterocycles. The average Bonchev–Trinajstić information content (AvgIpc) is 3.16. The SMILES string of the molecule is COC(=O)CN1C(=O)SC(=Cc2ccc(-c3ccccc3)o2)C1=O. The second kappa shape index (κ2) is 6.76. The van der Waals surface area contributed by atoms with Gasteiger partial charge in [0.05, 0.1) is 12.0 Å². The van der Waals surface area contributed by atoms with Gasteiger partial charge in [-0.3, -0.25) is 19.3 Å². The molecule has 1 aromatic carbocycles. The van der Waals surface area contributed by atoms with E-state index in [0.717, 1.165) is 22.2 Å². The van der Waals surface area contributed by atoms with Crippen LogP contribution in [0.1, 0.15) is 5.76 Å². The fraction of sp³-hybridized carbons (Fsp3) is 0.118. The summed E-state index contributed by atoms with van der Waals surface area (Å²) < 4.78 is 10.2. The fourth-order valence-corrected chi connectivity index (χ4v) is 2.97. The molecule has 2 aromatic rings. The normalized spacial score (nSPS) is 16.0. The first-order chi connectivity index (χ1) is 11.6. The number of amides is 2. The maximum absolute atomic E-state index is 12.2. The van der Waals surface area contributed by atoms with E-state index in [4.69, 9.17) is 4.42 Å². The molecule has 0 unspecified atom stereocenters. The molecule has 2 amide bonds. The number of hydrogen-bond acceptors (Lipinski definition) is 6. The zero-order valence-electron chi connectivity index (χ0n) is 12.7. The minimum absolute atomic E-state index is 0.206. The Balaban J connectivity index is 1.80. The molecule has 0 aliphatic carbocycles. The van der Waals surface area contributed by atoms with E-state index in [9.17, 15) is 14.4 Å². The first-order valence-electron chi connectivity index (χ1n) is 7.06. The number of thioether (sulfide) groups is 1. The van der Waals surface area contributed by atoms with Gasteiger partial charge in [-0.1, -0.05) is 30.3 Å². The number of hydrogen-bond donors (Lipinski definition) is 0. The lowest BCUT2D eigenvalue weighted by molar-refractivity contribution is -0.143. The quantitative estimate of drug-likeness (QED) is 0.627. The van der Waals surface area contributed by atoms with E-state index in [1.807, 2.05) is 30.3 Å². The predicted molar refractivity (Wildman–Crippen MR) is 88.8 cm³/mol. The van der Waals surface area contributed by atoms with E-state index in [1.165, 1.54) is 13.2 Å². The van der Waals surface area contributed by atoms with Crippen LogP contribution in [0.3, 0.4) is 0 Å². The van der Waals surface area contributed by atoms with Crippen molar-refractivity contribution in [2.24, 2.45) is 0 Å². The van der Waals surface area contributed by atoms with Crippen LogP contribution in [0.4, 0.5) is 4.79 Å². The molecule has 0 spiro atoms. The summed E-state index contributed by atoms with van der Waals surface area (Å²) in [6.07, 6.45) is 1.49. The van der Waals surface area contributed by atoms with Crippen LogP contribution in [0.15, 0.2) is 51.8 Å². The highest BCUT2D eigenvalue weighted by molar-refractivity contribution is 8.18. The molecule has 24 heavy (non-hydrogen) atoms. The maximum atomic E-state index is 12.2. The third-order valence-corrected chi connectivity index (χ3v) is 4.25.